The number of amides is 4. The highest BCUT2D eigenvalue weighted by molar-refractivity contribution is 5.93. The van der Waals surface area contributed by atoms with Gasteiger partial charge in [0.2, 0.25) is 11.8 Å². The van der Waals surface area contributed by atoms with E-state index in [-0.39, 0.29) is 23.8 Å². The lowest BCUT2D eigenvalue weighted by Crippen LogP contribution is -2.48. The lowest BCUT2D eigenvalue weighted by molar-refractivity contribution is -0.127. The number of carbonyl (C=O) groups excluding carboxylic acids is 3. The van der Waals surface area contributed by atoms with E-state index < -0.39 is 0 Å². The van der Waals surface area contributed by atoms with Crippen LogP contribution in [0.3, 0.4) is 0 Å². The maximum Gasteiger partial charge on any atom is 0.321 e. The molecule has 158 valence electrons. The first-order valence-electron chi connectivity index (χ1n) is 10.8. The van der Waals surface area contributed by atoms with Gasteiger partial charge in [0.05, 0.1) is 5.92 Å². The van der Waals surface area contributed by atoms with Gasteiger partial charge >= 0.3 is 6.03 Å². The Balaban J connectivity index is 1.53. The van der Waals surface area contributed by atoms with Crippen molar-refractivity contribution >= 4 is 29.2 Å². The standard InChI is InChI=1S/C22H32N4O3/c1-2-7-20(27)23-18-11-5-12-19(14-18)25-22(29)26-13-6-8-16(15-26)21(28)24-17-9-3-4-10-17/h5,11-12,14,16-17H,2-4,6-10,13,15H2,1H3,(H,23,27)(H,24,28)(H,25,29). The highest BCUT2D eigenvalue weighted by atomic mass is 16.2. The van der Waals surface area contributed by atoms with Crippen molar-refractivity contribution in [1.29, 1.82) is 0 Å². The van der Waals surface area contributed by atoms with Crippen LogP contribution in [0.5, 0.6) is 0 Å². The van der Waals surface area contributed by atoms with Gasteiger partial charge < -0.3 is 20.9 Å². The van der Waals surface area contributed by atoms with E-state index in [1.165, 1.54) is 12.8 Å². The number of anilines is 2. The van der Waals surface area contributed by atoms with Crippen LogP contribution < -0.4 is 16.0 Å². The first kappa shape index (κ1) is 21.1. The molecule has 1 saturated carbocycles. The van der Waals surface area contributed by atoms with Crippen LogP contribution >= 0.6 is 0 Å². The molecule has 2 aliphatic rings. The number of hydrogen-bond acceptors (Lipinski definition) is 3. The number of nitrogens with one attached hydrogen (secondary N) is 3. The summed E-state index contributed by atoms with van der Waals surface area (Å²) in [4.78, 5) is 38.8. The molecule has 1 aromatic rings. The summed E-state index contributed by atoms with van der Waals surface area (Å²) in [6.07, 6.45) is 7.39. The maximum atomic E-state index is 12.7. The Morgan fingerprint density at radius 2 is 1.76 bits per heavy atom. The molecule has 1 atom stereocenters. The molecule has 3 rings (SSSR count). The lowest BCUT2D eigenvalue weighted by atomic mass is 9.97. The zero-order valence-electron chi connectivity index (χ0n) is 17.2. The molecule has 0 aromatic heterocycles. The van der Waals surface area contributed by atoms with Crippen molar-refractivity contribution in [1.82, 2.24) is 10.2 Å². The molecule has 1 unspecified atom stereocenters. The van der Waals surface area contributed by atoms with Gasteiger partial charge in [-0.25, -0.2) is 4.79 Å². The Labute approximate surface area is 172 Å². The summed E-state index contributed by atoms with van der Waals surface area (Å²) >= 11 is 0. The van der Waals surface area contributed by atoms with E-state index in [9.17, 15) is 14.4 Å². The van der Waals surface area contributed by atoms with Gasteiger partial charge in [0.15, 0.2) is 0 Å². The van der Waals surface area contributed by atoms with Gasteiger partial charge in [-0.05, 0) is 50.3 Å². The number of carbonyl (C=O) groups is 3. The Morgan fingerprint density at radius 1 is 1.03 bits per heavy atom. The molecule has 1 aliphatic carbocycles. The highest BCUT2D eigenvalue weighted by Crippen LogP contribution is 2.22. The molecule has 7 nitrogen and oxygen atoms in total. The van der Waals surface area contributed by atoms with Gasteiger partial charge in [0.1, 0.15) is 0 Å². The van der Waals surface area contributed by atoms with Gasteiger partial charge in [-0.15, -0.1) is 0 Å². The van der Waals surface area contributed by atoms with Crippen LogP contribution in [0.15, 0.2) is 24.3 Å². The highest BCUT2D eigenvalue weighted by Gasteiger charge is 2.30. The number of nitrogens with zero attached hydrogens (tertiary/aromatic N) is 1. The van der Waals surface area contributed by atoms with Crippen molar-refractivity contribution in [2.45, 2.75) is 64.3 Å². The molecule has 7 heteroatoms. The molecule has 0 radical (unpaired) electrons. The SMILES string of the molecule is CCCC(=O)Nc1cccc(NC(=O)N2CCCC(C(=O)NC3CCCC3)C2)c1. The Bertz CT molecular complexity index is 731. The van der Waals surface area contributed by atoms with E-state index in [1.54, 1.807) is 29.2 Å². The Morgan fingerprint density at radius 3 is 2.48 bits per heavy atom. The van der Waals surface area contributed by atoms with E-state index >= 15 is 0 Å². The molecule has 29 heavy (non-hydrogen) atoms. The minimum absolute atomic E-state index is 0.0388. The Kier molecular flexibility index (Phi) is 7.49. The van der Waals surface area contributed by atoms with Crippen LogP contribution in [0.2, 0.25) is 0 Å². The second-order valence-corrected chi connectivity index (χ2v) is 8.08. The summed E-state index contributed by atoms with van der Waals surface area (Å²) in [6.45, 7) is 3.04. The monoisotopic (exact) mass is 400 g/mol. The maximum absolute atomic E-state index is 12.7. The second-order valence-electron chi connectivity index (χ2n) is 8.08. The van der Waals surface area contributed by atoms with Crippen LogP contribution in [-0.4, -0.2) is 41.9 Å². The first-order valence-corrected chi connectivity index (χ1v) is 10.8. The number of hydrogen-bond donors (Lipinski definition) is 3. The average Bonchev–Trinajstić information content (AvgIpc) is 3.21. The molecule has 0 bridgehead atoms. The first-order chi connectivity index (χ1) is 14.0. The topological polar surface area (TPSA) is 90.5 Å². The molecular formula is C22H32N4O3. The van der Waals surface area contributed by atoms with Gasteiger partial charge in [-0.2, -0.15) is 0 Å². The molecular weight excluding hydrogens is 368 g/mol. The number of benzene rings is 1. The molecule has 3 N–H and O–H groups in total. The minimum atomic E-state index is -0.208. The van der Waals surface area contributed by atoms with Gasteiger partial charge in [0.25, 0.3) is 0 Å². The fraction of sp³-hybridized carbons (Fsp3) is 0.591. The van der Waals surface area contributed by atoms with Gasteiger partial charge in [0, 0.05) is 36.9 Å². The van der Waals surface area contributed by atoms with Gasteiger partial charge in [-0.1, -0.05) is 25.8 Å². The van der Waals surface area contributed by atoms with Crippen LogP contribution in [0, 0.1) is 5.92 Å². The fourth-order valence-corrected chi connectivity index (χ4v) is 4.09. The second kappa shape index (κ2) is 10.3. The van der Waals surface area contributed by atoms with Gasteiger partial charge in [-0.3, -0.25) is 9.59 Å². The molecule has 1 aromatic carbocycles. The van der Waals surface area contributed by atoms with E-state index in [0.29, 0.717) is 36.9 Å². The van der Waals surface area contributed by atoms with E-state index in [1.807, 2.05) is 6.92 Å². The molecule has 1 saturated heterocycles. The molecule has 1 heterocycles. The normalized spacial score (nSPS) is 19.6. The smallest absolute Gasteiger partial charge is 0.321 e. The lowest BCUT2D eigenvalue weighted by Gasteiger charge is -2.32. The third-order valence-corrected chi connectivity index (χ3v) is 5.66. The minimum Gasteiger partial charge on any atom is -0.353 e. The van der Waals surface area contributed by atoms with Crippen molar-refractivity contribution in [3.63, 3.8) is 0 Å². The Hall–Kier alpha value is -2.57. The van der Waals surface area contributed by atoms with E-state index in [2.05, 4.69) is 16.0 Å². The van der Waals surface area contributed by atoms with Crippen molar-refractivity contribution in [2.75, 3.05) is 23.7 Å². The van der Waals surface area contributed by atoms with Crippen molar-refractivity contribution in [3.05, 3.63) is 24.3 Å². The molecule has 1 aliphatic heterocycles. The largest absolute Gasteiger partial charge is 0.353 e. The zero-order chi connectivity index (χ0) is 20.6. The summed E-state index contributed by atoms with van der Waals surface area (Å²) in [6, 6.07) is 7.23. The number of piperidine rings is 1. The summed E-state index contributed by atoms with van der Waals surface area (Å²) in [7, 11) is 0. The van der Waals surface area contributed by atoms with Crippen LogP contribution in [0.1, 0.15) is 58.3 Å². The molecule has 2 fully saturated rings. The number of rotatable bonds is 6. The fourth-order valence-electron chi connectivity index (χ4n) is 4.09. The zero-order valence-corrected chi connectivity index (χ0v) is 17.2. The third-order valence-electron chi connectivity index (χ3n) is 5.66. The molecule has 4 amide bonds. The van der Waals surface area contributed by atoms with E-state index in [0.717, 1.165) is 32.1 Å². The average molecular weight is 401 g/mol. The predicted octanol–water partition coefficient (Wildman–Crippen LogP) is 3.73. The van der Waals surface area contributed by atoms with Crippen LogP contribution in [0.25, 0.3) is 0 Å². The van der Waals surface area contributed by atoms with Crippen molar-refractivity contribution in [3.8, 4) is 0 Å². The number of urea groups is 1. The van der Waals surface area contributed by atoms with E-state index in [4.69, 9.17) is 0 Å². The van der Waals surface area contributed by atoms with Crippen LogP contribution in [-0.2, 0) is 9.59 Å². The predicted molar refractivity (Wildman–Crippen MR) is 114 cm³/mol. The summed E-state index contributed by atoms with van der Waals surface area (Å²) in [5.74, 6) is -0.104. The summed E-state index contributed by atoms with van der Waals surface area (Å²) < 4.78 is 0. The summed E-state index contributed by atoms with van der Waals surface area (Å²) in [5.41, 5.74) is 1.29. The quantitative estimate of drug-likeness (QED) is 0.680. The van der Waals surface area contributed by atoms with Crippen molar-refractivity contribution in [2.24, 2.45) is 5.92 Å². The molecule has 0 spiro atoms. The summed E-state index contributed by atoms with van der Waals surface area (Å²) in [5, 5.41) is 8.89. The van der Waals surface area contributed by atoms with Crippen molar-refractivity contribution < 1.29 is 14.4 Å². The van der Waals surface area contributed by atoms with Crippen LogP contribution in [0.4, 0.5) is 16.2 Å². The number of likely N-dealkylation sites (tertiary alicyclic amines) is 1. The third kappa shape index (κ3) is 6.21.